The van der Waals surface area contributed by atoms with Gasteiger partial charge in [0, 0.05) is 6.42 Å². The van der Waals surface area contributed by atoms with Gasteiger partial charge in [-0.05, 0) is 56.9 Å². The number of hydrogen-bond donors (Lipinski definition) is 2. The van der Waals surface area contributed by atoms with Gasteiger partial charge in [0.15, 0.2) is 0 Å². The average molecular weight is 309 g/mol. The number of alkyl carbamates (subject to hydrolysis) is 1. The number of carbonyl (C=O) groups excluding carboxylic acids is 1. The molecule has 0 aromatic heterocycles. The summed E-state index contributed by atoms with van der Waals surface area (Å²) in [6.45, 7) is 5.12. The summed E-state index contributed by atoms with van der Waals surface area (Å²) in [5.41, 5.74) is -0.624. The summed E-state index contributed by atoms with van der Waals surface area (Å²) in [5, 5.41) is 12.1. The second kappa shape index (κ2) is 5.59. The highest BCUT2D eigenvalue weighted by Gasteiger charge is 2.43. The highest BCUT2D eigenvalue weighted by molar-refractivity contribution is 5.85. The maximum atomic E-state index is 13.2. The van der Waals surface area contributed by atoms with E-state index in [0.29, 0.717) is 6.42 Å². The molecule has 1 aliphatic carbocycles. The second-order valence-corrected chi connectivity index (χ2v) is 6.60. The summed E-state index contributed by atoms with van der Waals surface area (Å²) in [4.78, 5) is 23.7. The predicted molar refractivity (Wildman–Crippen MR) is 78.2 cm³/mol. The summed E-state index contributed by atoms with van der Waals surface area (Å²) >= 11 is 0. The van der Waals surface area contributed by atoms with Crippen LogP contribution in [0.25, 0.3) is 0 Å². The highest BCUT2D eigenvalue weighted by Crippen LogP contribution is 2.30. The first-order valence-corrected chi connectivity index (χ1v) is 7.13. The number of aliphatic carboxylic acids is 1. The normalized spacial score (nSPS) is 20.9. The fourth-order valence-electron chi connectivity index (χ4n) is 2.60. The van der Waals surface area contributed by atoms with Crippen molar-refractivity contribution in [2.45, 2.75) is 51.2 Å². The van der Waals surface area contributed by atoms with Crippen LogP contribution in [0.15, 0.2) is 18.2 Å². The fraction of sp³-hybridized carbons (Fsp3) is 0.500. The van der Waals surface area contributed by atoms with Crippen molar-refractivity contribution in [3.05, 3.63) is 35.1 Å². The Bertz CT molecular complexity index is 609. The van der Waals surface area contributed by atoms with Gasteiger partial charge in [0.05, 0.1) is 0 Å². The molecule has 2 N–H and O–H groups in total. The summed E-state index contributed by atoms with van der Waals surface area (Å²) < 4.78 is 18.4. The van der Waals surface area contributed by atoms with Gasteiger partial charge in [0.1, 0.15) is 17.0 Å². The number of carboxylic acid groups (broad SMARTS) is 1. The van der Waals surface area contributed by atoms with Gasteiger partial charge in [0.25, 0.3) is 0 Å². The van der Waals surface area contributed by atoms with E-state index in [4.69, 9.17) is 4.74 Å². The Balaban J connectivity index is 2.23. The number of ether oxygens (including phenoxy) is 1. The fourth-order valence-corrected chi connectivity index (χ4v) is 2.60. The first kappa shape index (κ1) is 16.3. The number of rotatable bonds is 2. The van der Waals surface area contributed by atoms with E-state index in [1.165, 1.54) is 12.1 Å². The lowest BCUT2D eigenvalue weighted by Crippen LogP contribution is -2.58. The molecule has 0 spiro atoms. The summed E-state index contributed by atoms with van der Waals surface area (Å²) in [7, 11) is 0. The number of amides is 1. The van der Waals surface area contributed by atoms with Gasteiger partial charge in [-0.15, -0.1) is 0 Å². The molecular formula is C16H20FNO4. The molecule has 22 heavy (non-hydrogen) atoms. The van der Waals surface area contributed by atoms with Gasteiger partial charge in [-0.2, -0.15) is 0 Å². The quantitative estimate of drug-likeness (QED) is 0.880. The molecular weight excluding hydrogens is 289 g/mol. The molecule has 0 radical (unpaired) electrons. The number of benzene rings is 1. The molecule has 0 saturated carbocycles. The molecule has 0 aliphatic heterocycles. The number of fused-ring (bicyclic) bond motifs is 1. The van der Waals surface area contributed by atoms with Gasteiger partial charge in [-0.3, -0.25) is 0 Å². The summed E-state index contributed by atoms with van der Waals surface area (Å²) in [6.07, 6.45) is -0.0785. The lowest BCUT2D eigenvalue weighted by molar-refractivity contribution is -0.145. The lowest BCUT2D eigenvalue weighted by Gasteiger charge is -2.35. The Hall–Kier alpha value is -2.11. The van der Waals surface area contributed by atoms with Gasteiger partial charge in [0.2, 0.25) is 0 Å². The van der Waals surface area contributed by atoms with Crippen molar-refractivity contribution >= 4 is 12.1 Å². The molecule has 0 unspecified atom stereocenters. The zero-order valence-electron chi connectivity index (χ0n) is 12.9. The molecule has 0 fully saturated rings. The molecule has 1 aromatic rings. The van der Waals surface area contributed by atoms with E-state index in [0.717, 1.165) is 11.1 Å². The van der Waals surface area contributed by atoms with Crippen LogP contribution in [0.4, 0.5) is 9.18 Å². The Morgan fingerprint density at radius 2 is 2.00 bits per heavy atom. The SMILES string of the molecule is CC(C)(C)OC(=O)N[C@]1(C(=O)O)CCc2cc(F)ccc2C1. The summed E-state index contributed by atoms with van der Waals surface area (Å²) in [5.74, 6) is -1.46. The third-order valence-electron chi connectivity index (χ3n) is 3.63. The van der Waals surface area contributed by atoms with E-state index in [9.17, 15) is 19.1 Å². The van der Waals surface area contributed by atoms with Crippen LogP contribution >= 0.6 is 0 Å². The Morgan fingerprint density at radius 1 is 1.32 bits per heavy atom. The van der Waals surface area contributed by atoms with Crippen LogP contribution in [0.1, 0.15) is 38.3 Å². The van der Waals surface area contributed by atoms with Crippen LogP contribution < -0.4 is 5.32 Å². The number of aryl methyl sites for hydroxylation is 1. The highest BCUT2D eigenvalue weighted by atomic mass is 19.1. The standard InChI is InChI=1S/C16H20FNO4/c1-15(2,3)22-14(21)18-16(13(19)20)7-6-10-8-12(17)5-4-11(10)9-16/h4-5,8H,6-7,9H2,1-3H3,(H,18,21)(H,19,20)/t16-/m1/s1. The molecule has 1 amide bonds. The Kier molecular flexibility index (Phi) is 4.13. The maximum absolute atomic E-state index is 13.2. The monoisotopic (exact) mass is 309 g/mol. The molecule has 2 rings (SSSR count). The van der Waals surface area contributed by atoms with Crippen molar-refractivity contribution in [2.75, 3.05) is 0 Å². The zero-order chi connectivity index (χ0) is 16.5. The third kappa shape index (κ3) is 3.55. The minimum absolute atomic E-state index is 0.108. The van der Waals surface area contributed by atoms with Crippen LogP contribution in [0.5, 0.6) is 0 Å². The predicted octanol–water partition coefficient (Wildman–Crippen LogP) is 2.66. The summed E-state index contributed by atoms with van der Waals surface area (Å²) in [6, 6.07) is 4.27. The van der Waals surface area contributed by atoms with Crippen molar-refractivity contribution in [3.63, 3.8) is 0 Å². The van der Waals surface area contributed by atoms with Crippen LogP contribution in [0.3, 0.4) is 0 Å². The van der Waals surface area contributed by atoms with Crippen LogP contribution in [0, 0.1) is 5.82 Å². The number of nitrogens with one attached hydrogen (secondary N) is 1. The third-order valence-corrected chi connectivity index (χ3v) is 3.63. The maximum Gasteiger partial charge on any atom is 0.408 e. The van der Waals surface area contributed by atoms with Crippen LogP contribution in [-0.4, -0.2) is 28.3 Å². The zero-order valence-corrected chi connectivity index (χ0v) is 12.9. The van der Waals surface area contributed by atoms with Gasteiger partial charge >= 0.3 is 12.1 Å². The Morgan fingerprint density at radius 3 is 2.59 bits per heavy atom. The first-order chi connectivity index (χ1) is 10.1. The molecule has 1 atom stereocenters. The van der Waals surface area contributed by atoms with E-state index >= 15 is 0 Å². The number of carbonyl (C=O) groups is 2. The van der Waals surface area contributed by atoms with Crippen LogP contribution in [0.2, 0.25) is 0 Å². The van der Waals surface area contributed by atoms with E-state index in [1.807, 2.05) is 0 Å². The van der Waals surface area contributed by atoms with Crippen molar-refractivity contribution in [3.8, 4) is 0 Å². The molecule has 0 saturated heterocycles. The minimum Gasteiger partial charge on any atom is -0.479 e. The molecule has 120 valence electrons. The van der Waals surface area contributed by atoms with E-state index < -0.39 is 23.2 Å². The van der Waals surface area contributed by atoms with Crippen molar-refractivity contribution < 1.29 is 23.8 Å². The van der Waals surface area contributed by atoms with Gasteiger partial charge in [-0.1, -0.05) is 6.07 Å². The van der Waals surface area contributed by atoms with Crippen molar-refractivity contribution in [1.82, 2.24) is 5.32 Å². The Labute approximate surface area is 128 Å². The largest absolute Gasteiger partial charge is 0.479 e. The van der Waals surface area contributed by atoms with E-state index in [2.05, 4.69) is 5.32 Å². The minimum atomic E-state index is -1.42. The second-order valence-electron chi connectivity index (χ2n) is 6.60. The molecule has 5 nitrogen and oxygen atoms in total. The van der Waals surface area contributed by atoms with Gasteiger partial charge in [-0.25, -0.2) is 14.0 Å². The topological polar surface area (TPSA) is 75.6 Å². The average Bonchev–Trinajstić information content (AvgIpc) is 2.36. The number of hydrogen-bond acceptors (Lipinski definition) is 3. The smallest absolute Gasteiger partial charge is 0.408 e. The van der Waals surface area contributed by atoms with Crippen molar-refractivity contribution in [1.29, 1.82) is 0 Å². The molecule has 0 bridgehead atoms. The first-order valence-electron chi connectivity index (χ1n) is 7.13. The lowest BCUT2D eigenvalue weighted by atomic mass is 9.78. The molecule has 1 aromatic carbocycles. The number of carboxylic acids is 1. The van der Waals surface area contributed by atoms with Crippen LogP contribution in [-0.2, 0) is 22.4 Å². The van der Waals surface area contributed by atoms with Gasteiger partial charge < -0.3 is 15.2 Å². The number of halogens is 1. The van der Waals surface area contributed by atoms with Crippen molar-refractivity contribution in [2.24, 2.45) is 0 Å². The molecule has 1 aliphatic rings. The van der Waals surface area contributed by atoms with E-state index in [1.54, 1.807) is 26.8 Å². The molecule has 0 heterocycles. The van der Waals surface area contributed by atoms with E-state index in [-0.39, 0.29) is 18.7 Å². The molecule has 6 heteroatoms.